The number of anilines is 1. The van der Waals surface area contributed by atoms with E-state index in [9.17, 15) is 18.7 Å². The standard InChI is InChI=1S/C29H35F3N4O5/c1-16(19-10-7-11-21(25(19)30)29(31,32)28(3,4)38)33-26-20-13-24(23(39-5)14-22(20)34-17(2)35-26)41-15-18-9-8-12-36(18)27(37)40-6/h7,10-11,13-14,16,18,38H,8-9,12,15H2,1-6H3,(H,33,34,35)/t16-,18+/m1/s1. The maximum Gasteiger partial charge on any atom is 0.409 e. The molecule has 1 aliphatic rings. The molecule has 1 amide bonds. The average molecular weight is 577 g/mol. The van der Waals surface area contributed by atoms with Crippen molar-refractivity contribution in [2.24, 2.45) is 0 Å². The Morgan fingerprint density at radius 1 is 1.22 bits per heavy atom. The molecule has 4 rings (SSSR count). The third kappa shape index (κ3) is 5.97. The molecule has 0 aliphatic carbocycles. The summed E-state index contributed by atoms with van der Waals surface area (Å²) in [7, 11) is 2.84. The van der Waals surface area contributed by atoms with E-state index in [4.69, 9.17) is 14.2 Å². The molecule has 0 spiro atoms. The highest BCUT2D eigenvalue weighted by Gasteiger charge is 2.49. The summed E-state index contributed by atoms with van der Waals surface area (Å²) in [6.07, 6.45) is 1.17. The quantitative estimate of drug-likeness (QED) is 0.333. The zero-order valence-corrected chi connectivity index (χ0v) is 23.9. The predicted molar refractivity (Wildman–Crippen MR) is 147 cm³/mol. The van der Waals surface area contributed by atoms with Gasteiger partial charge in [0, 0.05) is 23.6 Å². The minimum atomic E-state index is -3.82. The number of hydrogen-bond donors (Lipinski definition) is 2. The molecule has 2 atom stereocenters. The monoisotopic (exact) mass is 576 g/mol. The van der Waals surface area contributed by atoms with E-state index in [1.807, 2.05) is 0 Å². The molecule has 0 saturated carbocycles. The van der Waals surface area contributed by atoms with Gasteiger partial charge in [-0.15, -0.1) is 0 Å². The number of nitrogens with zero attached hydrogens (tertiary/aromatic N) is 3. The van der Waals surface area contributed by atoms with Crippen molar-refractivity contribution >= 4 is 22.8 Å². The second-order valence-corrected chi connectivity index (χ2v) is 10.6. The number of ether oxygens (including phenoxy) is 3. The van der Waals surface area contributed by atoms with E-state index in [1.54, 1.807) is 30.9 Å². The first-order valence-electron chi connectivity index (χ1n) is 13.3. The Labute approximate surface area is 236 Å². The van der Waals surface area contributed by atoms with Gasteiger partial charge in [0.25, 0.3) is 0 Å². The number of likely N-dealkylation sites (tertiary alicyclic amines) is 1. The molecule has 1 aromatic heterocycles. The van der Waals surface area contributed by atoms with Gasteiger partial charge >= 0.3 is 12.0 Å². The van der Waals surface area contributed by atoms with Gasteiger partial charge in [0.15, 0.2) is 11.5 Å². The summed E-state index contributed by atoms with van der Waals surface area (Å²) >= 11 is 0. The topological polar surface area (TPSA) is 106 Å². The van der Waals surface area contributed by atoms with Crippen LogP contribution >= 0.6 is 0 Å². The lowest BCUT2D eigenvalue weighted by Gasteiger charge is -2.30. The second-order valence-electron chi connectivity index (χ2n) is 10.6. The van der Waals surface area contributed by atoms with E-state index in [0.29, 0.717) is 40.6 Å². The Morgan fingerprint density at radius 3 is 2.61 bits per heavy atom. The van der Waals surface area contributed by atoms with Crippen LogP contribution in [0.2, 0.25) is 0 Å². The number of carbonyl (C=O) groups is 1. The number of aliphatic hydroxyl groups is 1. The molecule has 222 valence electrons. The van der Waals surface area contributed by atoms with E-state index < -0.39 is 35.0 Å². The van der Waals surface area contributed by atoms with E-state index in [-0.39, 0.29) is 18.2 Å². The molecule has 1 saturated heterocycles. The Morgan fingerprint density at radius 2 is 1.95 bits per heavy atom. The fourth-order valence-electron chi connectivity index (χ4n) is 4.93. The van der Waals surface area contributed by atoms with Crippen LogP contribution in [-0.4, -0.2) is 65.1 Å². The van der Waals surface area contributed by atoms with Crippen molar-refractivity contribution in [1.29, 1.82) is 0 Å². The minimum absolute atomic E-state index is 0.0232. The number of fused-ring (bicyclic) bond motifs is 1. The van der Waals surface area contributed by atoms with Gasteiger partial charge in [-0.2, -0.15) is 8.78 Å². The molecule has 0 radical (unpaired) electrons. The second kappa shape index (κ2) is 11.6. The van der Waals surface area contributed by atoms with Crippen molar-refractivity contribution in [3.63, 3.8) is 0 Å². The number of amides is 1. The van der Waals surface area contributed by atoms with Crippen LogP contribution in [0.5, 0.6) is 11.5 Å². The number of hydrogen-bond acceptors (Lipinski definition) is 8. The molecule has 2 heterocycles. The van der Waals surface area contributed by atoms with E-state index >= 15 is 4.39 Å². The molecular formula is C29H35F3N4O5. The highest BCUT2D eigenvalue weighted by atomic mass is 19.3. The van der Waals surface area contributed by atoms with Crippen LogP contribution in [0.25, 0.3) is 10.9 Å². The zero-order valence-electron chi connectivity index (χ0n) is 23.9. The van der Waals surface area contributed by atoms with Crippen molar-refractivity contribution in [2.45, 2.75) is 64.1 Å². The first kappa shape index (κ1) is 30.2. The predicted octanol–water partition coefficient (Wildman–Crippen LogP) is 5.73. The average Bonchev–Trinajstić information content (AvgIpc) is 3.39. The maximum atomic E-state index is 15.4. The Bertz CT molecular complexity index is 1430. The summed E-state index contributed by atoms with van der Waals surface area (Å²) in [6.45, 7) is 5.97. The number of halogens is 3. The number of rotatable bonds is 9. The number of methoxy groups -OCH3 is 2. The van der Waals surface area contributed by atoms with Gasteiger partial charge in [0.2, 0.25) is 0 Å². The summed E-state index contributed by atoms with van der Waals surface area (Å²) in [5, 5.41) is 13.6. The van der Waals surface area contributed by atoms with Gasteiger partial charge in [0.1, 0.15) is 29.7 Å². The molecule has 12 heteroatoms. The summed E-state index contributed by atoms with van der Waals surface area (Å²) in [5.74, 6) is -3.37. The number of alkyl halides is 2. The Kier molecular flexibility index (Phi) is 8.53. The normalized spacial score (nSPS) is 16.5. The van der Waals surface area contributed by atoms with Crippen LogP contribution in [0, 0.1) is 12.7 Å². The van der Waals surface area contributed by atoms with Crippen molar-refractivity contribution < 1.29 is 37.3 Å². The van der Waals surface area contributed by atoms with E-state index in [0.717, 1.165) is 32.8 Å². The van der Waals surface area contributed by atoms with Gasteiger partial charge in [0.05, 0.1) is 37.4 Å². The molecule has 2 N–H and O–H groups in total. The molecule has 41 heavy (non-hydrogen) atoms. The molecule has 2 aromatic carbocycles. The first-order valence-corrected chi connectivity index (χ1v) is 13.3. The highest BCUT2D eigenvalue weighted by molar-refractivity contribution is 5.92. The summed E-state index contributed by atoms with van der Waals surface area (Å²) in [5.41, 5.74) is -2.86. The number of nitrogens with one attached hydrogen (secondary N) is 1. The lowest BCUT2D eigenvalue weighted by Crippen LogP contribution is -2.41. The molecule has 3 aromatic rings. The summed E-state index contributed by atoms with van der Waals surface area (Å²) in [4.78, 5) is 22.7. The summed E-state index contributed by atoms with van der Waals surface area (Å²) < 4.78 is 61.7. The molecule has 0 bridgehead atoms. The van der Waals surface area contributed by atoms with Crippen molar-refractivity contribution in [3.8, 4) is 11.5 Å². The van der Waals surface area contributed by atoms with Gasteiger partial charge in [-0.05, 0) is 52.7 Å². The third-order valence-electron chi connectivity index (χ3n) is 7.27. The number of carbonyl (C=O) groups excluding carboxylic acids is 1. The molecule has 1 aliphatic heterocycles. The minimum Gasteiger partial charge on any atom is -0.493 e. The first-order chi connectivity index (χ1) is 19.3. The van der Waals surface area contributed by atoms with Gasteiger partial charge in [-0.3, -0.25) is 0 Å². The van der Waals surface area contributed by atoms with Crippen LogP contribution in [0.4, 0.5) is 23.8 Å². The lowest BCUT2D eigenvalue weighted by molar-refractivity contribution is -0.170. The van der Waals surface area contributed by atoms with Crippen LogP contribution in [0.15, 0.2) is 30.3 Å². The van der Waals surface area contributed by atoms with Gasteiger partial charge in [-0.1, -0.05) is 12.1 Å². The van der Waals surface area contributed by atoms with E-state index in [2.05, 4.69) is 15.3 Å². The van der Waals surface area contributed by atoms with Crippen molar-refractivity contribution in [2.75, 3.05) is 32.7 Å². The highest BCUT2D eigenvalue weighted by Crippen LogP contribution is 2.42. The van der Waals surface area contributed by atoms with Crippen LogP contribution in [0.3, 0.4) is 0 Å². The summed E-state index contributed by atoms with van der Waals surface area (Å²) in [6, 6.07) is 6.11. The van der Waals surface area contributed by atoms with Crippen molar-refractivity contribution in [1.82, 2.24) is 14.9 Å². The smallest absolute Gasteiger partial charge is 0.409 e. The van der Waals surface area contributed by atoms with Crippen LogP contribution in [0.1, 0.15) is 56.6 Å². The fraction of sp³-hybridized carbons (Fsp3) is 0.483. The van der Waals surface area contributed by atoms with Gasteiger partial charge < -0.3 is 29.5 Å². The van der Waals surface area contributed by atoms with Crippen LogP contribution in [-0.2, 0) is 10.7 Å². The van der Waals surface area contributed by atoms with Crippen molar-refractivity contribution in [3.05, 3.63) is 53.1 Å². The molecule has 0 unspecified atom stereocenters. The molecule has 9 nitrogen and oxygen atoms in total. The Hall–Kier alpha value is -3.80. The number of aryl methyl sites for hydroxylation is 1. The Balaban J connectivity index is 1.67. The van der Waals surface area contributed by atoms with Gasteiger partial charge in [-0.25, -0.2) is 19.2 Å². The SMILES string of the molecule is COC(=O)N1CCC[C@H]1COc1cc2c(N[C@H](C)c3cccc(C(F)(F)C(C)(C)O)c3F)nc(C)nc2cc1OC. The van der Waals surface area contributed by atoms with Crippen LogP contribution < -0.4 is 14.8 Å². The van der Waals surface area contributed by atoms with E-state index in [1.165, 1.54) is 26.4 Å². The molecular weight excluding hydrogens is 541 g/mol. The maximum absolute atomic E-state index is 15.4. The lowest BCUT2D eigenvalue weighted by atomic mass is 9.91. The largest absolute Gasteiger partial charge is 0.493 e. The number of benzene rings is 2. The number of aromatic nitrogens is 2. The third-order valence-corrected chi connectivity index (χ3v) is 7.27. The molecule has 1 fully saturated rings. The zero-order chi connectivity index (χ0) is 30.1. The fourth-order valence-corrected chi connectivity index (χ4v) is 4.93.